The van der Waals surface area contributed by atoms with Gasteiger partial charge in [-0.15, -0.1) is 0 Å². The van der Waals surface area contributed by atoms with E-state index in [4.69, 9.17) is 0 Å². The van der Waals surface area contributed by atoms with Crippen LogP contribution < -0.4 is 10.2 Å². The number of anilines is 2. The van der Waals surface area contributed by atoms with Gasteiger partial charge in [-0.3, -0.25) is 4.79 Å². The zero-order valence-electron chi connectivity index (χ0n) is 9.66. The monoisotopic (exact) mass is 220 g/mol. The molecule has 1 aromatic rings. The van der Waals surface area contributed by atoms with Crippen molar-refractivity contribution in [3.8, 4) is 0 Å². The minimum atomic E-state index is 0.286. The number of carbonyl (C=O) groups is 1. The third kappa shape index (κ3) is 2.29. The quantitative estimate of drug-likeness (QED) is 0.805. The molecule has 1 aliphatic rings. The van der Waals surface area contributed by atoms with Crippen molar-refractivity contribution in [1.82, 2.24) is 9.97 Å². The SMILES string of the molecule is CNc1cc(N2CCCC(=O)C2)nc(C)n1. The average molecular weight is 220 g/mol. The summed E-state index contributed by atoms with van der Waals surface area (Å²) in [6.45, 7) is 3.22. The van der Waals surface area contributed by atoms with Crippen LogP contribution in [0.5, 0.6) is 0 Å². The first kappa shape index (κ1) is 10.9. The van der Waals surface area contributed by atoms with Gasteiger partial charge in [-0.25, -0.2) is 9.97 Å². The lowest BCUT2D eigenvalue weighted by Gasteiger charge is -2.27. The Bertz CT molecular complexity index is 405. The van der Waals surface area contributed by atoms with Gasteiger partial charge in [0.05, 0.1) is 6.54 Å². The minimum absolute atomic E-state index is 0.286. The normalized spacial score (nSPS) is 16.4. The van der Waals surface area contributed by atoms with Crippen LogP contribution in [0.4, 0.5) is 11.6 Å². The summed E-state index contributed by atoms with van der Waals surface area (Å²) in [5.41, 5.74) is 0. The molecule has 1 N–H and O–H groups in total. The first-order valence-electron chi connectivity index (χ1n) is 5.49. The Morgan fingerprint density at radius 2 is 2.25 bits per heavy atom. The van der Waals surface area contributed by atoms with Crippen molar-refractivity contribution in [2.24, 2.45) is 0 Å². The molecule has 1 saturated heterocycles. The molecule has 5 heteroatoms. The summed E-state index contributed by atoms with van der Waals surface area (Å²) in [5.74, 6) is 2.64. The number of ketones is 1. The lowest BCUT2D eigenvalue weighted by molar-refractivity contribution is -0.118. The highest BCUT2D eigenvalue weighted by molar-refractivity contribution is 5.84. The lowest BCUT2D eigenvalue weighted by Crippen LogP contribution is -2.36. The van der Waals surface area contributed by atoms with Crippen LogP contribution in [0.2, 0.25) is 0 Å². The van der Waals surface area contributed by atoms with Gasteiger partial charge in [-0.2, -0.15) is 0 Å². The molecule has 0 aromatic carbocycles. The number of aryl methyl sites for hydroxylation is 1. The van der Waals surface area contributed by atoms with Crippen LogP contribution in [0.3, 0.4) is 0 Å². The van der Waals surface area contributed by atoms with Crippen LogP contribution in [-0.2, 0) is 4.79 Å². The molecule has 0 unspecified atom stereocenters. The summed E-state index contributed by atoms with van der Waals surface area (Å²) >= 11 is 0. The van der Waals surface area contributed by atoms with E-state index in [0.717, 1.165) is 30.4 Å². The Labute approximate surface area is 94.9 Å². The number of piperidine rings is 1. The first-order chi connectivity index (χ1) is 7.69. The third-order valence-corrected chi connectivity index (χ3v) is 2.66. The number of hydrogen-bond acceptors (Lipinski definition) is 5. The smallest absolute Gasteiger partial charge is 0.152 e. The molecule has 1 aromatic heterocycles. The zero-order chi connectivity index (χ0) is 11.5. The molecule has 5 nitrogen and oxygen atoms in total. The van der Waals surface area contributed by atoms with Crippen molar-refractivity contribution in [3.63, 3.8) is 0 Å². The van der Waals surface area contributed by atoms with Crippen LogP contribution in [0.25, 0.3) is 0 Å². The molecule has 1 fully saturated rings. The van der Waals surface area contributed by atoms with Gasteiger partial charge in [0.2, 0.25) is 0 Å². The van der Waals surface area contributed by atoms with Crippen molar-refractivity contribution in [3.05, 3.63) is 11.9 Å². The topological polar surface area (TPSA) is 58.1 Å². The van der Waals surface area contributed by atoms with Crippen molar-refractivity contribution in [2.45, 2.75) is 19.8 Å². The number of aromatic nitrogens is 2. The highest BCUT2D eigenvalue weighted by Gasteiger charge is 2.18. The van der Waals surface area contributed by atoms with E-state index in [0.29, 0.717) is 13.0 Å². The Hall–Kier alpha value is -1.65. The van der Waals surface area contributed by atoms with Gasteiger partial charge >= 0.3 is 0 Å². The molecule has 86 valence electrons. The van der Waals surface area contributed by atoms with E-state index >= 15 is 0 Å². The van der Waals surface area contributed by atoms with Gasteiger partial charge in [0.25, 0.3) is 0 Å². The van der Waals surface area contributed by atoms with Crippen LogP contribution in [0.1, 0.15) is 18.7 Å². The number of carbonyl (C=O) groups excluding carboxylic acids is 1. The van der Waals surface area contributed by atoms with E-state index in [2.05, 4.69) is 15.3 Å². The molecule has 16 heavy (non-hydrogen) atoms. The van der Waals surface area contributed by atoms with E-state index in [1.807, 2.05) is 24.9 Å². The van der Waals surface area contributed by atoms with Crippen LogP contribution in [-0.4, -0.2) is 35.9 Å². The predicted octanol–water partition coefficient (Wildman–Crippen LogP) is 0.996. The number of hydrogen-bond donors (Lipinski definition) is 1. The summed E-state index contributed by atoms with van der Waals surface area (Å²) in [6.07, 6.45) is 1.61. The molecular weight excluding hydrogens is 204 g/mol. The van der Waals surface area contributed by atoms with Crippen molar-refractivity contribution in [2.75, 3.05) is 30.4 Å². The van der Waals surface area contributed by atoms with Gasteiger partial charge in [0.15, 0.2) is 5.78 Å². The number of rotatable bonds is 2. The molecule has 0 bridgehead atoms. The van der Waals surface area contributed by atoms with E-state index in [-0.39, 0.29) is 5.78 Å². The first-order valence-corrected chi connectivity index (χ1v) is 5.49. The van der Waals surface area contributed by atoms with Crippen molar-refractivity contribution >= 4 is 17.4 Å². The van der Waals surface area contributed by atoms with Gasteiger partial charge in [-0.05, 0) is 13.3 Å². The molecule has 0 amide bonds. The van der Waals surface area contributed by atoms with Crippen LogP contribution in [0.15, 0.2) is 6.07 Å². The molecule has 1 aliphatic heterocycles. The van der Waals surface area contributed by atoms with Gasteiger partial charge in [0, 0.05) is 26.1 Å². The van der Waals surface area contributed by atoms with Crippen molar-refractivity contribution in [1.29, 1.82) is 0 Å². The molecule has 2 heterocycles. The lowest BCUT2D eigenvalue weighted by atomic mass is 10.1. The van der Waals surface area contributed by atoms with Gasteiger partial charge < -0.3 is 10.2 Å². The fourth-order valence-electron chi connectivity index (χ4n) is 1.88. The summed E-state index contributed by atoms with van der Waals surface area (Å²) < 4.78 is 0. The maximum atomic E-state index is 11.4. The van der Waals surface area contributed by atoms with Gasteiger partial charge in [0.1, 0.15) is 17.5 Å². The second-order valence-corrected chi connectivity index (χ2v) is 3.97. The number of nitrogens with one attached hydrogen (secondary N) is 1. The van der Waals surface area contributed by atoms with Gasteiger partial charge in [-0.1, -0.05) is 0 Å². The highest BCUT2D eigenvalue weighted by Crippen LogP contribution is 2.18. The Balaban J connectivity index is 2.24. The Kier molecular flexibility index (Phi) is 3.03. The maximum Gasteiger partial charge on any atom is 0.152 e. The zero-order valence-corrected chi connectivity index (χ0v) is 9.66. The summed E-state index contributed by atoms with van der Waals surface area (Å²) in [5, 5.41) is 3.00. The molecule has 0 aliphatic carbocycles. The molecule has 0 atom stereocenters. The Morgan fingerprint density at radius 3 is 2.94 bits per heavy atom. The van der Waals surface area contributed by atoms with E-state index < -0.39 is 0 Å². The summed E-state index contributed by atoms with van der Waals surface area (Å²) in [4.78, 5) is 22.0. The van der Waals surface area contributed by atoms with E-state index in [1.165, 1.54) is 0 Å². The standard InChI is InChI=1S/C11H16N4O/c1-8-13-10(12-2)6-11(14-8)15-5-3-4-9(16)7-15/h6H,3-5,7H2,1-2H3,(H,12,13,14). The number of nitrogens with zero attached hydrogens (tertiary/aromatic N) is 3. The fourth-order valence-corrected chi connectivity index (χ4v) is 1.88. The van der Waals surface area contributed by atoms with E-state index in [1.54, 1.807) is 0 Å². The second kappa shape index (κ2) is 4.47. The molecule has 0 spiro atoms. The largest absolute Gasteiger partial charge is 0.373 e. The van der Waals surface area contributed by atoms with Crippen LogP contribution in [0, 0.1) is 6.92 Å². The average Bonchev–Trinajstić information content (AvgIpc) is 2.28. The predicted molar refractivity (Wildman–Crippen MR) is 62.8 cm³/mol. The Morgan fingerprint density at radius 1 is 1.44 bits per heavy atom. The number of Topliss-reactive ketones (excluding diaryl/α,β-unsaturated/α-hetero) is 1. The molecular formula is C11H16N4O. The molecule has 0 saturated carbocycles. The molecule has 2 rings (SSSR count). The summed E-state index contributed by atoms with van der Waals surface area (Å²) in [7, 11) is 1.83. The second-order valence-electron chi connectivity index (χ2n) is 3.97. The molecule has 0 radical (unpaired) electrons. The minimum Gasteiger partial charge on any atom is -0.373 e. The van der Waals surface area contributed by atoms with Crippen LogP contribution >= 0.6 is 0 Å². The third-order valence-electron chi connectivity index (χ3n) is 2.66. The fraction of sp³-hybridized carbons (Fsp3) is 0.545. The maximum absolute atomic E-state index is 11.4. The highest BCUT2D eigenvalue weighted by atomic mass is 16.1. The van der Waals surface area contributed by atoms with Crippen molar-refractivity contribution < 1.29 is 4.79 Å². The summed E-state index contributed by atoms with van der Waals surface area (Å²) in [6, 6.07) is 1.88. The van der Waals surface area contributed by atoms with E-state index in [9.17, 15) is 4.79 Å².